The largest absolute Gasteiger partial charge is 0.298 e. The molecule has 27 heavy (non-hydrogen) atoms. The lowest BCUT2D eigenvalue weighted by Crippen LogP contribution is -2.54. The van der Waals surface area contributed by atoms with Crippen molar-refractivity contribution in [3.8, 4) is 0 Å². The zero-order valence-corrected chi connectivity index (χ0v) is 14.8. The topological polar surface area (TPSA) is 49.4 Å². The van der Waals surface area contributed by atoms with Gasteiger partial charge in [-0.15, -0.1) is 0 Å². The maximum Gasteiger partial charge on any atom is 0.270 e. The van der Waals surface area contributed by atoms with E-state index in [2.05, 4.69) is 5.32 Å². The Bertz CT molecular complexity index is 1120. The molecule has 1 N–H and O–H groups in total. The summed E-state index contributed by atoms with van der Waals surface area (Å²) in [4.78, 5) is 26.6. The Morgan fingerprint density at radius 2 is 1.63 bits per heavy atom. The summed E-state index contributed by atoms with van der Waals surface area (Å²) >= 11 is 5.14. The number of nitrogens with zero attached hydrogens (tertiary/aromatic N) is 1. The molecule has 4 nitrogen and oxygen atoms in total. The van der Waals surface area contributed by atoms with Crippen molar-refractivity contribution < 1.29 is 14.0 Å². The lowest BCUT2D eigenvalue weighted by atomic mass is 10.0. The van der Waals surface area contributed by atoms with E-state index in [1.165, 1.54) is 29.2 Å². The summed E-state index contributed by atoms with van der Waals surface area (Å²) in [6.07, 6.45) is 1.55. The first-order valence-electron chi connectivity index (χ1n) is 8.19. The molecule has 3 aromatic rings. The van der Waals surface area contributed by atoms with E-state index in [1.54, 1.807) is 6.08 Å². The molecule has 4 rings (SSSR count). The zero-order valence-electron chi connectivity index (χ0n) is 14.0. The van der Waals surface area contributed by atoms with Gasteiger partial charge in [-0.3, -0.25) is 19.8 Å². The molecule has 1 fully saturated rings. The highest BCUT2D eigenvalue weighted by Crippen LogP contribution is 2.25. The van der Waals surface area contributed by atoms with Crippen LogP contribution >= 0.6 is 12.2 Å². The van der Waals surface area contributed by atoms with E-state index < -0.39 is 17.6 Å². The Morgan fingerprint density at radius 3 is 2.41 bits per heavy atom. The summed E-state index contributed by atoms with van der Waals surface area (Å²) in [5.41, 5.74) is 1.10. The summed E-state index contributed by atoms with van der Waals surface area (Å²) in [5.74, 6) is -1.54. The Kier molecular flexibility index (Phi) is 4.25. The third-order valence-electron chi connectivity index (χ3n) is 4.31. The molecule has 132 valence electrons. The predicted octanol–water partition coefficient (Wildman–Crippen LogP) is 3.81. The summed E-state index contributed by atoms with van der Waals surface area (Å²) in [5, 5.41) is 4.42. The molecule has 0 unspecified atom stereocenters. The van der Waals surface area contributed by atoms with Crippen molar-refractivity contribution in [1.82, 2.24) is 5.32 Å². The monoisotopic (exact) mass is 376 g/mol. The molecule has 0 aliphatic carbocycles. The van der Waals surface area contributed by atoms with Gasteiger partial charge in [0, 0.05) is 0 Å². The number of amides is 2. The van der Waals surface area contributed by atoms with Crippen molar-refractivity contribution in [3.05, 3.63) is 83.7 Å². The average molecular weight is 376 g/mol. The third-order valence-corrected chi connectivity index (χ3v) is 4.59. The minimum absolute atomic E-state index is 0.0355. The minimum Gasteiger partial charge on any atom is -0.298 e. The van der Waals surface area contributed by atoms with Crippen molar-refractivity contribution in [2.45, 2.75) is 0 Å². The van der Waals surface area contributed by atoms with Gasteiger partial charge in [-0.2, -0.15) is 0 Å². The molecule has 6 heteroatoms. The number of fused-ring (bicyclic) bond motifs is 1. The lowest BCUT2D eigenvalue weighted by Gasteiger charge is -2.29. The number of carbonyl (C=O) groups is 2. The molecule has 0 aromatic heterocycles. The molecule has 1 aliphatic heterocycles. The van der Waals surface area contributed by atoms with Gasteiger partial charge in [0.1, 0.15) is 11.4 Å². The zero-order chi connectivity index (χ0) is 19.0. The highest BCUT2D eigenvalue weighted by molar-refractivity contribution is 7.80. The van der Waals surface area contributed by atoms with Gasteiger partial charge in [0.25, 0.3) is 11.8 Å². The number of rotatable bonds is 2. The molecule has 0 atom stereocenters. The van der Waals surface area contributed by atoms with Gasteiger partial charge in [-0.1, -0.05) is 42.5 Å². The average Bonchev–Trinajstić information content (AvgIpc) is 2.66. The van der Waals surface area contributed by atoms with Crippen molar-refractivity contribution in [3.63, 3.8) is 0 Å². The quantitative estimate of drug-likeness (QED) is 0.420. The van der Waals surface area contributed by atoms with Crippen LogP contribution in [-0.2, 0) is 9.59 Å². The summed E-state index contributed by atoms with van der Waals surface area (Å²) < 4.78 is 13.2. The molecule has 1 saturated heterocycles. The van der Waals surface area contributed by atoms with Crippen molar-refractivity contribution >= 4 is 51.7 Å². The molecule has 0 radical (unpaired) electrons. The number of thiocarbonyl (C=S) groups is 1. The number of anilines is 1. The lowest BCUT2D eigenvalue weighted by molar-refractivity contribution is -0.122. The van der Waals surface area contributed by atoms with Crippen LogP contribution in [0.1, 0.15) is 5.56 Å². The van der Waals surface area contributed by atoms with Crippen molar-refractivity contribution in [1.29, 1.82) is 0 Å². The SMILES string of the molecule is O=C1NC(=S)N(c2ccc(F)cc2)C(=O)/C1=C/c1cccc2ccccc12. The molecular formula is C21H13FN2O2S. The first-order valence-corrected chi connectivity index (χ1v) is 8.60. The second-order valence-corrected chi connectivity index (χ2v) is 6.39. The smallest absolute Gasteiger partial charge is 0.270 e. The van der Waals surface area contributed by atoms with Crippen LogP contribution in [0.5, 0.6) is 0 Å². The molecule has 2 amide bonds. The van der Waals surface area contributed by atoms with Gasteiger partial charge >= 0.3 is 0 Å². The Hall–Kier alpha value is -3.38. The van der Waals surface area contributed by atoms with E-state index in [-0.39, 0.29) is 10.7 Å². The van der Waals surface area contributed by atoms with Crippen molar-refractivity contribution in [2.75, 3.05) is 4.90 Å². The third kappa shape index (κ3) is 3.11. The molecule has 3 aromatic carbocycles. The van der Waals surface area contributed by atoms with E-state index >= 15 is 0 Å². The first-order chi connectivity index (χ1) is 13.0. The van der Waals surface area contributed by atoms with Gasteiger partial charge in [-0.05, 0) is 58.9 Å². The van der Waals surface area contributed by atoms with Crippen molar-refractivity contribution in [2.24, 2.45) is 0 Å². The number of nitrogens with one attached hydrogen (secondary N) is 1. The molecule has 0 bridgehead atoms. The predicted molar refractivity (Wildman–Crippen MR) is 107 cm³/mol. The van der Waals surface area contributed by atoms with Crippen LogP contribution in [0.25, 0.3) is 16.8 Å². The summed E-state index contributed by atoms with van der Waals surface area (Å²) in [6.45, 7) is 0. The number of hydrogen-bond acceptors (Lipinski definition) is 3. The van der Waals surface area contributed by atoms with Crippen LogP contribution in [0.3, 0.4) is 0 Å². The molecule has 0 spiro atoms. The standard InChI is InChI=1S/C21H13FN2O2S/c22-15-8-10-16(11-9-15)24-20(26)18(19(25)23-21(24)27)12-14-6-3-5-13-4-1-2-7-17(13)14/h1-12H,(H,23,25,27)/b18-12+. The normalized spacial score (nSPS) is 16.1. The number of hydrogen-bond donors (Lipinski definition) is 1. The molecule has 1 aliphatic rings. The molecule has 1 heterocycles. The van der Waals surface area contributed by atoms with Gasteiger partial charge in [-0.25, -0.2) is 4.39 Å². The summed E-state index contributed by atoms with van der Waals surface area (Å²) in [6, 6.07) is 18.7. The molecular weight excluding hydrogens is 363 g/mol. The maximum atomic E-state index is 13.2. The fourth-order valence-corrected chi connectivity index (χ4v) is 3.29. The highest BCUT2D eigenvalue weighted by Gasteiger charge is 2.34. The van der Waals surface area contributed by atoms with Crippen LogP contribution in [0.2, 0.25) is 0 Å². The second kappa shape index (κ2) is 6.74. The van der Waals surface area contributed by atoms with E-state index in [0.717, 1.165) is 16.3 Å². The number of benzene rings is 3. The van der Waals surface area contributed by atoms with E-state index in [0.29, 0.717) is 5.69 Å². The van der Waals surface area contributed by atoms with Gasteiger partial charge in [0.15, 0.2) is 5.11 Å². The highest BCUT2D eigenvalue weighted by atomic mass is 32.1. The van der Waals surface area contributed by atoms with E-state index in [9.17, 15) is 14.0 Å². The van der Waals surface area contributed by atoms with Crippen LogP contribution in [0.15, 0.2) is 72.3 Å². The van der Waals surface area contributed by atoms with Crippen LogP contribution in [0, 0.1) is 5.82 Å². The fraction of sp³-hybridized carbons (Fsp3) is 0. The van der Waals surface area contributed by atoms with Crippen LogP contribution in [0.4, 0.5) is 10.1 Å². The van der Waals surface area contributed by atoms with Crippen LogP contribution in [-0.4, -0.2) is 16.9 Å². The number of carbonyl (C=O) groups excluding carboxylic acids is 2. The molecule has 0 saturated carbocycles. The van der Waals surface area contributed by atoms with E-state index in [1.807, 2.05) is 42.5 Å². The van der Waals surface area contributed by atoms with E-state index in [4.69, 9.17) is 12.2 Å². The van der Waals surface area contributed by atoms with Crippen LogP contribution < -0.4 is 10.2 Å². The maximum absolute atomic E-state index is 13.2. The minimum atomic E-state index is -0.559. The Balaban J connectivity index is 1.80. The Labute approximate surface area is 159 Å². The van der Waals surface area contributed by atoms with Gasteiger partial charge in [0.2, 0.25) is 0 Å². The fourth-order valence-electron chi connectivity index (χ4n) is 3.01. The van der Waals surface area contributed by atoms with Gasteiger partial charge in [0.05, 0.1) is 5.69 Å². The first kappa shape index (κ1) is 17.1. The Morgan fingerprint density at radius 1 is 0.926 bits per heavy atom. The summed E-state index contributed by atoms with van der Waals surface area (Å²) in [7, 11) is 0. The second-order valence-electron chi connectivity index (χ2n) is 6.00. The number of halogens is 1. The van der Waals surface area contributed by atoms with Gasteiger partial charge < -0.3 is 0 Å².